The lowest BCUT2D eigenvalue weighted by Crippen LogP contribution is -2.37. The van der Waals surface area contributed by atoms with Gasteiger partial charge in [0.1, 0.15) is 6.54 Å². The van der Waals surface area contributed by atoms with Crippen LogP contribution in [0.3, 0.4) is 0 Å². The molecule has 0 aromatic heterocycles. The first kappa shape index (κ1) is 19.8. The number of rotatable bonds is 6. The van der Waals surface area contributed by atoms with Gasteiger partial charge in [0.25, 0.3) is 11.7 Å². The first-order chi connectivity index (χ1) is 13.9. The molecule has 1 aliphatic heterocycles. The van der Waals surface area contributed by atoms with E-state index >= 15 is 0 Å². The first-order valence-electron chi connectivity index (χ1n) is 9.03. The summed E-state index contributed by atoms with van der Waals surface area (Å²) in [7, 11) is 0. The highest BCUT2D eigenvalue weighted by molar-refractivity contribution is 6.52. The molecule has 0 unspecified atom stereocenters. The summed E-state index contributed by atoms with van der Waals surface area (Å²) in [6.07, 6.45) is 1.04. The summed E-state index contributed by atoms with van der Waals surface area (Å²) in [6, 6.07) is 12.8. The van der Waals surface area contributed by atoms with Crippen LogP contribution in [0.2, 0.25) is 0 Å². The van der Waals surface area contributed by atoms with Gasteiger partial charge in [-0.2, -0.15) is 5.26 Å². The fourth-order valence-electron chi connectivity index (χ4n) is 2.96. The second-order valence-corrected chi connectivity index (χ2v) is 6.49. The van der Waals surface area contributed by atoms with Crippen molar-refractivity contribution in [3.8, 4) is 6.07 Å². The molecule has 0 atom stereocenters. The molecule has 2 aromatic carbocycles. The second kappa shape index (κ2) is 8.35. The van der Waals surface area contributed by atoms with E-state index in [4.69, 9.17) is 5.26 Å². The largest absolute Gasteiger partial charge is 0.326 e. The van der Waals surface area contributed by atoms with Gasteiger partial charge in [0, 0.05) is 17.8 Å². The Labute approximate surface area is 167 Å². The molecule has 0 bridgehead atoms. The minimum atomic E-state index is -0.799. The maximum Gasteiger partial charge on any atom is 0.299 e. The molecule has 0 radical (unpaired) electrons. The molecule has 0 saturated carbocycles. The molecule has 8 heteroatoms. The summed E-state index contributed by atoms with van der Waals surface area (Å²) in [5.74, 6) is -2.18. The molecule has 0 spiro atoms. The van der Waals surface area contributed by atoms with Crippen LogP contribution in [-0.2, 0) is 14.4 Å². The molecule has 8 nitrogen and oxygen atoms in total. The number of nitrogens with one attached hydrogen (secondary N) is 2. The van der Waals surface area contributed by atoms with Crippen molar-refractivity contribution in [1.82, 2.24) is 0 Å². The van der Waals surface area contributed by atoms with Crippen molar-refractivity contribution < 1.29 is 19.2 Å². The fourth-order valence-corrected chi connectivity index (χ4v) is 2.96. The third-order valence-electron chi connectivity index (χ3n) is 4.33. The third-order valence-corrected chi connectivity index (χ3v) is 4.33. The van der Waals surface area contributed by atoms with Gasteiger partial charge in [0.05, 0.1) is 22.9 Å². The molecule has 29 heavy (non-hydrogen) atoms. The van der Waals surface area contributed by atoms with Gasteiger partial charge in [-0.3, -0.25) is 24.1 Å². The monoisotopic (exact) mass is 390 g/mol. The lowest BCUT2D eigenvalue weighted by Gasteiger charge is -2.16. The molecule has 1 heterocycles. The van der Waals surface area contributed by atoms with E-state index in [1.165, 1.54) is 12.1 Å². The van der Waals surface area contributed by atoms with Crippen molar-refractivity contribution in [3.05, 3.63) is 53.6 Å². The van der Waals surface area contributed by atoms with Crippen LogP contribution in [-0.4, -0.2) is 30.0 Å². The number of Topliss-reactive ketones (excluding diaryl/α,β-unsaturated/α-hetero) is 1. The van der Waals surface area contributed by atoms with Gasteiger partial charge < -0.3 is 10.6 Å². The summed E-state index contributed by atoms with van der Waals surface area (Å²) < 4.78 is 0. The number of carbonyl (C=O) groups excluding carboxylic acids is 4. The molecule has 146 valence electrons. The van der Waals surface area contributed by atoms with Gasteiger partial charge in [0.15, 0.2) is 0 Å². The van der Waals surface area contributed by atoms with E-state index in [1.54, 1.807) is 30.3 Å². The lowest BCUT2D eigenvalue weighted by atomic mass is 10.1. The van der Waals surface area contributed by atoms with E-state index in [1.807, 2.05) is 13.0 Å². The number of amides is 3. The summed E-state index contributed by atoms with van der Waals surface area (Å²) >= 11 is 0. The fraction of sp³-hybridized carbons (Fsp3) is 0.190. The smallest absolute Gasteiger partial charge is 0.299 e. The number of hydrogen-bond donors (Lipinski definition) is 2. The Morgan fingerprint density at radius 3 is 2.31 bits per heavy atom. The van der Waals surface area contributed by atoms with Gasteiger partial charge in [-0.15, -0.1) is 0 Å². The predicted molar refractivity (Wildman–Crippen MR) is 106 cm³/mol. The van der Waals surface area contributed by atoms with Crippen molar-refractivity contribution in [3.63, 3.8) is 0 Å². The predicted octanol–water partition coefficient (Wildman–Crippen LogP) is 2.46. The zero-order valence-electron chi connectivity index (χ0n) is 15.7. The molecule has 1 aliphatic rings. The summed E-state index contributed by atoms with van der Waals surface area (Å²) in [6.45, 7) is 1.55. The van der Waals surface area contributed by atoms with Crippen LogP contribution in [0.25, 0.3) is 0 Å². The Kier molecular flexibility index (Phi) is 5.69. The molecule has 2 aromatic rings. The quantitative estimate of drug-likeness (QED) is 0.734. The third kappa shape index (κ3) is 4.30. The van der Waals surface area contributed by atoms with Crippen LogP contribution in [0, 0.1) is 11.3 Å². The number of hydrogen-bond acceptors (Lipinski definition) is 5. The Morgan fingerprint density at radius 1 is 1.00 bits per heavy atom. The molecule has 0 fully saturated rings. The maximum atomic E-state index is 12.3. The average molecular weight is 390 g/mol. The van der Waals surface area contributed by atoms with Gasteiger partial charge in [-0.1, -0.05) is 6.92 Å². The van der Waals surface area contributed by atoms with Gasteiger partial charge in [-0.25, -0.2) is 0 Å². The van der Waals surface area contributed by atoms with Gasteiger partial charge in [-0.05, 0) is 48.9 Å². The van der Waals surface area contributed by atoms with E-state index in [2.05, 4.69) is 10.6 Å². The van der Waals surface area contributed by atoms with E-state index in [9.17, 15) is 19.2 Å². The number of nitrogens with zero attached hydrogens (tertiary/aromatic N) is 2. The number of nitriles is 1. The minimum absolute atomic E-state index is 0.149. The first-order valence-corrected chi connectivity index (χ1v) is 9.03. The van der Waals surface area contributed by atoms with Crippen LogP contribution in [0.5, 0.6) is 0 Å². The van der Waals surface area contributed by atoms with Crippen molar-refractivity contribution in [1.29, 1.82) is 5.26 Å². The zero-order valence-corrected chi connectivity index (χ0v) is 15.7. The van der Waals surface area contributed by atoms with E-state index < -0.39 is 17.6 Å². The zero-order chi connectivity index (χ0) is 21.0. The van der Waals surface area contributed by atoms with Gasteiger partial charge in [0.2, 0.25) is 11.8 Å². The maximum absolute atomic E-state index is 12.3. The Bertz CT molecular complexity index is 1040. The van der Waals surface area contributed by atoms with E-state index in [-0.39, 0.29) is 18.0 Å². The Morgan fingerprint density at radius 2 is 1.66 bits per heavy atom. The number of carbonyl (C=O) groups is 4. The van der Waals surface area contributed by atoms with Crippen LogP contribution in [0.15, 0.2) is 42.5 Å². The van der Waals surface area contributed by atoms with Crippen LogP contribution in [0.1, 0.15) is 35.7 Å². The summed E-state index contributed by atoms with van der Waals surface area (Å²) in [5.41, 5.74) is 1.83. The molecular formula is C21H18N4O4. The Balaban J connectivity index is 1.73. The van der Waals surface area contributed by atoms with Crippen molar-refractivity contribution in [2.75, 3.05) is 22.1 Å². The number of fused-ring (bicyclic) bond motifs is 1. The number of ketones is 1. The minimum Gasteiger partial charge on any atom is -0.326 e. The van der Waals surface area contributed by atoms with Crippen LogP contribution >= 0.6 is 0 Å². The average Bonchev–Trinajstić information content (AvgIpc) is 2.93. The number of anilines is 3. The van der Waals surface area contributed by atoms with Crippen molar-refractivity contribution in [2.45, 2.75) is 19.8 Å². The molecular weight excluding hydrogens is 372 g/mol. The standard InChI is InChI=1S/C21H18N4O4/c1-2-3-18(26)24-15-8-9-17-16(10-15)20(28)21(29)25(17)12-19(27)23-14-6-4-13(11-22)5-7-14/h4-10H,2-3,12H2,1H3,(H,23,27)(H,24,26). The van der Waals surface area contributed by atoms with Crippen molar-refractivity contribution in [2.24, 2.45) is 0 Å². The molecule has 3 rings (SSSR count). The SMILES string of the molecule is CCCC(=O)Nc1ccc2c(c1)C(=O)C(=O)N2CC(=O)Nc1ccc(C#N)cc1. The molecule has 0 saturated heterocycles. The van der Waals surface area contributed by atoms with Crippen molar-refractivity contribution >= 4 is 40.6 Å². The number of benzene rings is 2. The van der Waals surface area contributed by atoms with Crippen LogP contribution < -0.4 is 15.5 Å². The van der Waals surface area contributed by atoms with Gasteiger partial charge >= 0.3 is 0 Å². The Hall–Kier alpha value is -3.99. The normalized spacial score (nSPS) is 12.3. The highest BCUT2D eigenvalue weighted by Crippen LogP contribution is 2.31. The highest BCUT2D eigenvalue weighted by atomic mass is 16.2. The molecule has 2 N–H and O–H groups in total. The molecule has 0 aliphatic carbocycles. The summed E-state index contributed by atoms with van der Waals surface area (Å²) in [4.78, 5) is 49.8. The van der Waals surface area contributed by atoms with E-state index in [0.29, 0.717) is 35.5 Å². The summed E-state index contributed by atoms with van der Waals surface area (Å²) in [5, 5.41) is 14.1. The molecule has 3 amide bonds. The van der Waals surface area contributed by atoms with Crippen LogP contribution in [0.4, 0.5) is 17.1 Å². The van der Waals surface area contributed by atoms with E-state index in [0.717, 1.165) is 4.90 Å². The topological polar surface area (TPSA) is 119 Å². The highest BCUT2D eigenvalue weighted by Gasteiger charge is 2.37. The lowest BCUT2D eigenvalue weighted by molar-refractivity contribution is -0.118. The second-order valence-electron chi connectivity index (χ2n) is 6.49.